The van der Waals surface area contributed by atoms with Crippen LogP contribution in [-0.4, -0.2) is 20.3 Å². The highest BCUT2D eigenvalue weighted by Gasteiger charge is 2.18. The molecule has 24 heavy (non-hydrogen) atoms. The molecular formula is C16H8F2N4O2. The van der Waals surface area contributed by atoms with Crippen LogP contribution in [0.3, 0.4) is 0 Å². The van der Waals surface area contributed by atoms with Gasteiger partial charge in [0.05, 0.1) is 0 Å². The Labute approximate surface area is 133 Å². The van der Waals surface area contributed by atoms with Crippen LogP contribution >= 0.6 is 0 Å². The van der Waals surface area contributed by atoms with Gasteiger partial charge in [-0.15, -0.1) is 0 Å². The summed E-state index contributed by atoms with van der Waals surface area (Å²) in [5.41, 5.74) is 1.18. The molecule has 4 aromatic rings. The molecule has 118 valence electrons. The maximum atomic E-state index is 12.9. The Kier molecular flexibility index (Phi) is 3.34. The molecule has 0 saturated carbocycles. The molecule has 0 fully saturated rings. The van der Waals surface area contributed by atoms with E-state index < -0.39 is 0 Å². The van der Waals surface area contributed by atoms with Crippen LogP contribution in [0.5, 0.6) is 0 Å². The lowest BCUT2D eigenvalue weighted by Crippen LogP contribution is -1.83. The molecule has 8 heteroatoms. The van der Waals surface area contributed by atoms with E-state index in [9.17, 15) is 8.78 Å². The largest absolute Gasteiger partial charge is 0.328 e. The Hall–Kier alpha value is -3.42. The van der Waals surface area contributed by atoms with Crippen molar-refractivity contribution in [3.8, 4) is 34.6 Å². The van der Waals surface area contributed by atoms with Crippen LogP contribution in [0.25, 0.3) is 34.6 Å². The highest BCUT2D eigenvalue weighted by molar-refractivity contribution is 5.58. The molecule has 0 unspecified atom stereocenters. The van der Waals surface area contributed by atoms with Crippen molar-refractivity contribution in [2.75, 3.05) is 0 Å². The van der Waals surface area contributed by atoms with E-state index in [-0.39, 0.29) is 35.1 Å². The fourth-order valence-corrected chi connectivity index (χ4v) is 2.05. The van der Waals surface area contributed by atoms with E-state index in [2.05, 4.69) is 20.3 Å². The second-order valence-electron chi connectivity index (χ2n) is 4.86. The Balaban J connectivity index is 1.63. The molecule has 0 saturated heterocycles. The fraction of sp³-hybridized carbons (Fsp3) is 0. The molecule has 0 bridgehead atoms. The molecule has 2 aromatic carbocycles. The quantitative estimate of drug-likeness (QED) is 0.571. The van der Waals surface area contributed by atoms with Gasteiger partial charge in [0.15, 0.2) is 0 Å². The standard InChI is InChI=1S/C16H8F2N4O2/c17-11-5-1-9(2-6-11)13-19-15(23-21-13)16-20-14(22-24-16)10-3-7-12(18)8-4-10/h1-8H. The van der Waals surface area contributed by atoms with E-state index in [1.54, 1.807) is 0 Å². The van der Waals surface area contributed by atoms with Crippen molar-refractivity contribution in [3.05, 3.63) is 60.2 Å². The van der Waals surface area contributed by atoms with Crippen molar-refractivity contribution in [2.24, 2.45) is 0 Å². The summed E-state index contributed by atoms with van der Waals surface area (Å²) in [6, 6.07) is 11.3. The predicted molar refractivity (Wildman–Crippen MR) is 78.4 cm³/mol. The first kappa shape index (κ1) is 14.2. The molecule has 0 aliphatic carbocycles. The zero-order valence-corrected chi connectivity index (χ0v) is 12.0. The minimum atomic E-state index is -0.358. The Morgan fingerprint density at radius 1 is 0.583 bits per heavy atom. The second-order valence-corrected chi connectivity index (χ2v) is 4.86. The van der Waals surface area contributed by atoms with Crippen LogP contribution in [-0.2, 0) is 0 Å². The van der Waals surface area contributed by atoms with Crippen molar-refractivity contribution < 1.29 is 17.8 Å². The highest BCUT2D eigenvalue weighted by Crippen LogP contribution is 2.24. The van der Waals surface area contributed by atoms with Gasteiger partial charge in [-0.2, -0.15) is 9.97 Å². The molecule has 0 aliphatic rings. The van der Waals surface area contributed by atoms with Gasteiger partial charge in [-0.05, 0) is 48.5 Å². The van der Waals surface area contributed by atoms with Gasteiger partial charge < -0.3 is 9.05 Å². The van der Waals surface area contributed by atoms with E-state index in [1.807, 2.05) is 0 Å². The zero-order chi connectivity index (χ0) is 16.5. The van der Waals surface area contributed by atoms with Gasteiger partial charge in [-0.25, -0.2) is 8.78 Å². The Morgan fingerprint density at radius 2 is 0.958 bits per heavy atom. The average molecular weight is 326 g/mol. The van der Waals surface area contributed by atoms with Crippen molar-refractivity contribution >= 4 is 0 Å². The number of hydrogen-bond acceptors (Lipinski definition) is 6. The van der Waals surface area contributed by atoms with E-state index in [1.165, 1.54) is 48.5 Å². The Morgan fingerprint density at radius 3 is 1.33 bits per heavy atom. The first-order valence-electron chi connectivity index (χ1n) is 6.89. The molecule has 0 aliphatic heterocycles. The first-order chi connectivity index (χ1) is 11.7. The van der Waals surface area contributed by atoms with Crippen LogP contribution < -0.4 is 0 Å². The minimum absolute atomic E-state index is 0.0372. The molecule has 0 spiro atoms. The van der Waals surface area contributed by atoms with Gasteiger partial charge in [-0.3, -0.25) is 0 Å². The third-order valence-corrected chi connectivity index (χ3v) is 3.24. The van der Waals surface area contributed by atoms with Gasteiger partial charge in [0.2, 0.25) is 11.6 Å². The van der Waals surface area contributed by atoms with Crippen molar-refractivity contribution in [1.82, 2.24) is 20.3 Å². The summed E-state index contributed by atoms with van der Waals surface area (Å²) in [4.78, 5) is 8.29. The predicted octanol–water partition coefficient (Wildman–Crippen LogP) is 3.73. The zero-order valence-electron chi connectivity index (χ0n) is 12.0. The van der Waals surface area contributed by atoms with Crippen LogP contribution in [0.2, 0.25) is 0 Å². The topological polar surface area (TPSA) is 77.8 Å². The van der Waals surface area contributed by atoms with Crippen molar-refractivity contribution in [3.63, 3.8) is 0 Å². The molecule has 2 heterocycles. The third kappa shape index (κ3) is 2.65. The van der Waals surface area contributed by atoms with E-state index in [0.717, 1.165) is 0 Å². The molecule has 2 aromatic heterocycles. The summed E-state index contributed by atoms with van der Waals surface area (Å²) in [6.07, 6.45) is 0. The van der Waals surface area contributed by atoms with Crippen LogP contribution in [0.15, 0.2) is 57.6 Å². The molecule has 0 N–H and O–H groups in total. The van der Waals surface area contributed by atoms with Gasteiger partial charge in [0, 0.05) is 11.1 Å². The van der Waals surface area contributed by atoms with Gasteiger partial charge in [-0.1, -0.05) is 10.3 Å². The lowest BCUT2D eigenvalue weighted by Gasteiger charge is -1.92. The minimum Gasteiger partial charge on any atom is -0.328 e. The Bertz CT molecular complexity index is 896. The molecular weight excluding hydrogens is 318 g/mol. The van der Waals surface area contributed by atoms with Crippen LogP contribution in [0.4, 0.5) is 8.78 Å². The summed E-state index contributed by atoms with van der Waals surface area (Å²) in [5, 5.41) is 7.60. The summed E-state index contributed by atoms with van der Waals surface area (Å²) in [7, 11) is 0. The first-order valence-corrected chi connectivity index (χ1v) is 6.89. The molecule has 0 radical (unpaired) electrons. The fourth-order valence-electron chi connectivity index (χ4n) is 2.05. The number of aromatic nitrogens is 4. The van der Waals surface area contributed by atoms with Crippen LogP contribution in [0.1, 0.15) is 0 Å². The SMILES string of the molecule is Fc1ccc(-c2noc(-c3nc(-c4ccc(F)cc4)no3)n2)cc1. The molecule has 6 nitrogen and oxygen atoms in total. The lowest BCUT2D eigenvalue weighted by molar-refractivity contribution is 0.383. The van der Waals surface area contributed by atoms with Gasteiger partial charge >= 0.3 is 11.8 Å². The maximum Gasteiger partial charge on any atom is 0.316 e. The summed E-state index contributed by atoms with van der Waals surface area (Å²) < 4.78 is 36.1. The normalized spacial score (nSPS) is 10.9. The number of halogens is 2. The number of rotatable bonds is 3. The van der Waals surface area contributed by atoms with Crippen molar-refractivity contribution in [2.45, 2.75) is 0 Å². The van der Waals surface area contributed by atoms with E-state index in [0.29, 0.717) is 11.1 Å². The number of nitrogens with zero attached hydrogens (tertiary/aromatic N) is 4. The maximum absolute atomic E-state index is 12.9. The monoisotopic (exact) mass is 326 g/mol. The number of benzene rings is 2. The lowest BCUT2D eigenvalue weighted by atomic mass is 10.2. The second kappa shape index (κ2) is 5.65. The summed E-state index contributed by atoms with van der Waals surface area (Å²) >= 11 is 0. The third-order valence-electron chi connectivity index (χ3n) is 3.24. The van der Waals surface area contributed by atoms with Gasteiger partial charge in [0.25, 0.3) is 0 Å². The average Bonchev–Trinajstić information content (AvgIpc) is 3.25. The summed E-state index contributed by atoms with van der Waals surface area (Å²) in [5.74, 6) is -0.102. The molecule has 0 amide bonds. The molecule has 4 rings (SSSR count). The summed E-state index contributed by atoms with van der Waals surface area (Å²) in [6.45, 7) is 0. The number of hydrogen-bond donors (Lipinski definition) is 0. The smallest absolute Gasteiger partial charge is 0.316 e. The van der Waals surface area contributed by atoms with E-state index >= 15 is 0 Å². The highest BCUT2D eigenvalue weighted by atomic mass is 19.1. The van der Waals surface area contributed by atoms with Crippen molar-refractivity contribution in [1.29, 1.82) is 0 Å². The molecule has 0 atom stereocenters. The van der Waals surface area contributed by atoms with Crippen LogP contribution in [0, 0.1) is 11.6 Å². The van der Waals surface area contributed by atoms with Gasteiger partial charge in [0.1, 0.15) is 11.6 Å². The van der Waals surface area contributed by atoms with E-state index in [4.69, 9.17) is 9.05 Å².